The van der Waals surface area contributed by atoms with Gasteiger partial charge in [0.15, 0.2) is 0 Å². The third-order valence-electron chi connectivity index (χ3n) is 2.60. The van der Waals surface area contributed by atoms with Gasteiger partial charge in [0.05, 0.1) is 11.6 Å². The Morgan fingerprint density at radius 3 is 2.40 bits per heavy atom. The molecule has 0 N–H and O–H groups in total. The van der Waals surface area contributed by atoms with Crippen LogP contribution in [0.3, 0.4) is 0 Å². The second-order valence-electron chi connectivity index (χ2n) is 4.48. The summed E-state index contributed by atoms with van der Waals surface area (Å²) < 4.78 is 39.0. The minimum absolute atomic E-state index is 0.139. The molecule has 4 nitrogen and oxygen atoms in total. The zero-order chi connectivity index (χ0) is 14.8. The largest absolute Gasteiger partial charge is 0.416 e. The normalized spacial score (nSPS) is 12.1. The van der Waals surface area contributed by atoms with Crippen molar-refractivity contribution in [3.63, 3.8) is 0 Å². The Hall–Kier alpha value is -1.57. The van der Waals surface area contributed by atoms with Crippen molar-refractivity contribution in [2.24, 2.45) is 0 Å². The van der Waals surface area contributed by atoms with Crippen molar-refractivity contribution < 1.29 is 13.2 Å². The molecule has 1 aromatic carbocycles. The maximum atomic E-state index is 12.4. The molecular weight excluding hydrogens is 289 g/mol. The fraction of sp³-hybridized carbons (Fsp3) is 0.417. The van der Waals surface area contributed by atoms with Gasteiger partial charge in [0.1, 0.15) is 0 Å². The maximum Gasteiger partial charge on any atom is 0.416 e. The Labute approximate surface area is 118 Å². The van der Waals surface area contributed by atoms with Gasteiger partial charge >= 0.3 is 6.18 Å². The summed E-state index contributed by atoms with van der Waals surface area (Å²) in [5.74, 6) is 0.519. The molecule has 1 heterocycles. The summed E-state index contributed by atoms with van der Waals surface area (Å²) >= 11 is 1.39. The standard InChI is InChI=1S/C12H13F3N4S/c1-8(2)19-11(16-17-18-19)20-7-9-3-5-10(6-4-9)12(13,14)15/h3-6,8H,7H2,1-2H3. The molecule has 0 fully saturated rings. The molecule has 8 heteroatoms. The van der Waals surface area contributed by atoms with Crippen molar-refractivity contribution >= 4 is 11.8 Å². The van der Waals surface area contributed by atoms with Crippen molar-refractivity contribution in [3.05, 3.63) is 35.4 Å². The molecule has 0 spiro atoms. The van der Waals surface area contributed by atoms with Gasteiger partial charge in [0.25, 0.3) is 0 Å². The SMILES string of the molecule is CC(C)n1nnnc1SCc1ccc(C(F)(F)F)cc1. The van der Waals surface area contributed by atoms with Gasteiger partial charge in [-0.15, -0.1) is 5.10 Å². The number of rotatable bonds is 4. The molecule has 0 aliphatic carbocycles. The summed E-state index contributed by atoms with van der Waals surface area (Å²) in [6.45, 7) is 3.91. The third kappa shape index (κ3) is 3.50. The molecule has 0 radical (unpaired) electrons. The lowest BCUT2D eigenvalue weighted by Gasteiger charge is -2.08. The van der Waals surface area contributed by atoms with E-state index in [1.165, 1.54) is 23.9 Å². The first-order valence-electron chi connectivity index (χ1n) is 5.94. The van der Waals surface area contributed by atoms with Crippen LogP contribution in [-0.4, -0.2) is 20.2 Å². The van der Waals surface area contributed by atoms with Crippen molar-refractivity contribution in [2.75, 3.05) is 0 Å². The maximum absolute atomic E-state index is 12.4. The highest BCUT2D eigenvalue weighted by atomic mass is 32.2. The van der Waals surface area contributed by atoms with E-state index in [1.54, 1.807) is 4.68 Å². The lowest BCUT2D eigenvalue weighted by Crippen LogP contribution is -2.05. The molecule has 0 amide bonds. The molecule has 0 bridgehead atoms. The van der Waals surface area contributed by atoms with Crippen LogP contribution in [0.1, 0.15) is 31.0 Å². The van der Waals surface area contributed by atoms with E-state index in [2.05, 4.69) is 15.5 Å². The molecule has 108 valence electrons. The number of hydrogen-bond donors (Lipinski definition) is 0. The first-order chi connectivity index (χ1) is 9.38. The summed E-state index contributed by atoms with van der Waals surface area (Å²) in [7, 11) is 0. The van der Waals surface area contributed by atoms with Gasteiger partial charge in [-0.3, -0.25) is 0 Å². The van der Waals surface area contributed by atoms with Crippen LogP contribution in [0.15, 0.2) is 29.4 Å². The lowest BCUT2D eigenvalue weighted by molar-refractivity contribution is -0.137. The van der Waals surface area contributed by atoms with E-state index in [0.717, 1.165) is 17.7 Å². The van der Waals surface area contributed by atoms with E-state index in [4.69, 9.17) is 0 Å². The van der Waals surface area contributed by atoms with Gasteiger partial charge < -0.3 is 0 Å². The van der Waals surface area contributed by atoms with Crippen LogP contribution in [0, 0.1) is 0 Å². The quantitative estimate of drug-likeness (QED) is 0.810. The molecule has 0 atom stereocenters. The van der Waals surface area contributed by atoms with Gasteiger partial charge in [-0.25, -0.2) is 4.68 Å². The summed E-state index contributed by atoms with van der Waals surface area (Å²) in [6, 6.07) is 5.25. The van der Waals surface area contributed by atoms with Crippen LogP contribution in [0.4, 0.5) is 13.2 Å². The van der Waals surface area contributed by atoms with Gasteiger partial charge in [-0.2, -0.15) is 13.2 Å². The van der Waals surface area contributed by atoms with E-state index in [9.17, 15) is 13.2 Å². The Morgan fingerprint density at radius 2 is 1.85 bits per heavy atom. The Balaban J connectivity index is 2.02. The number of aromatic nitrogens is 4. The average molecular weight is 302 g/mol. The highest BCUT2D eigenvalue weighted by Crippen LogP contribution is 2.30. The van der Waals surface area contributed by atoms with E-state index >= 15 is 0 Å². The minimum Gasteiger partial charge on any atom is -0.218 e. The summed E-state index contributed by atoms with van der Waals surface area (Å²) in [4.78, 5) is 0. The highest BCUT2D eigenvalue weighted by molar-refractivity contribution is 7.98. The van der Waals surface area contributed by atoms with Crippen LogP contribution in [0.25, 0.3) is 0 Å². The number of halogens is 3. The zero-order valence-electron chi connectivity index (χ0n) is 10.9. The van der Waals surface area contributed by atoms with Gasteiger partial charge in [-0.05, 0) is 42.0 Å². The van der Waals surface area contributed by atoms with Crippen LogP contribution in [0.2, 0.25) is 0 Å². The van der Waals surface area contributed by atoms with Crippen molar-refractivity contribution in [1.29, 1.82) is 0 Å². The molecule has 0 aliphatic rings. The monoisotopic (exact) mass is 302 g/mol. The highest BCUT2D eigenvalue weighted by Gasteiger charge is 2.29. The van der Waals surface area contributed by atoms with Gasteiger partial charge in [-0.1, -0.05) is 23.9 Å². The lowest BCUT2D eigenvalue weighted by atomic mass is 10.1. The predicted octanol–water partition coefficient (Wildman–Crippen LogP) is 3.57. The predicted molar refractivity (Wildman–Crippen MR) is 69.2 cm³/mol. The molecular formula is C12H13F3N4S. The first-order valence-corrected chi connectivity index (χ1v) is 6.93. The number of tetrazole rings is 1. The van der Waals surface area contributed by atoms with E-state index < -0.39 is 11.7 Å². The van der Waals surface area contributed by atoms with Gasteiger partial charge in [0, 0.05) is 5.75 Å². The Morgan fingerprint density at radius 1 is 1.20 bits per heavy atom. The minimum atomic E-state index is -4.30. The van der Waals surface area contributed by atoms with Crippen molar-refractivity contribution in [3.8, 4) is 0 Å². The molecule has 20 heavy (non-hydrogen) atoms. The molecule has 0 aliphatic heterocycles. The fourth-order valence-corrected chi connectivity index (χ4v) is 2.50. The first kappa shape index (κ1) is 14.8. The van der Waals surface area contributed by atoms with Gasteiger partial charge in [0.2, 0.25) is 5.16 Å². The zero-order valence-corrected chi connectivity index (χ0v) is 11.7. The molecule has 0 saturated carbocycles. The Kier molecular flexibility index (Phi) is 4.32. The van der Waals surface area contributed by atoms with Crippen molar-refractivity contribution in [2.45, 2.75) is 37.0 Å². The van der Waals surface area contributed by atoms with Crippen LogP contribution in [0.5, 0.6) is 0 Å². The summed E-state index contributed by atoms with van der Waals surface area (Å²) in [5, 5.41) is 12.0. The van der Waals surface area contributed by atoms with Crippen LogP contribution < -0.4 is 0 Å². The molecule has 2 rings (SSSR count). The van der Waals surface area contributed by atoms with E-state index in [0.29, 0.717) is 10.9 Å². The Bertz CT molecular complexity index is 563. The number of benzene rings is 1. The van der Waals surface area contributed by atoms with Crippen molar-refractivity contribution in [1.82, 2.24) is 20.2 Å². The number of hydrogen-bond acceptors (Lipinski definition) is 4. The van der Waals surface area contributed by atoms with Crippen LogP contribution in [-0.2, 0) is 11.9 Å². The number of alkyl halides is 3. The smallest absolute Gasteiger partial charge is 0.218 e. The topological polar surface area (TPSA) is 43.6 Å². The molecule has 0 unspecified atom stereocenters. The third-order valence-corrected chi connectivity index (χ3v) is 3.61. The summed E-state index contributed by atoms with van der Waals surface area (Å²) in [6.07, 6.45) is -4.30. The van der Waals surface area contributed by atoms with Crippen LogP contribution >= 0.6 is 11.8 Å². The summed E-state index contributed by atoms with van der Waals surface area (Å²) in [5.41, 5.74) is 0.152. The van der Waals surface area contributed by atoms with E-state index in [-0.39, 0.29) is 6.04 Å². The number of nitrogens with zero attached hydrogens (tertiary/aromatic N) is 4. The number of thioether (sulfide) groups is 1. The van der Waals surface area contributed by atoms with E-state index in [1.807, 2.05) is 13.8 Å². The molecule has 0 saturated heterocycles. The average Bonchev–Trinajstić information content (AvgIpc) is 2.84. The second kappa shape index (κ2) is 5.82. The fourth-order valence-electron chi connectivity index (χ4n) is 1.54. The second-order valence-corrected chi connectivity index (χ2v) is 5.43. The molecule has 1 aromatic heterocycles. The molecule has 2 aromatic rings.